The van der Waals surface area contributed by atoms with Gasteiger partial charge in [-0.05, 0) is 49.4 Å². The van der Waals surface area contributed by atoms with Crippen molar-refractivity contribution >= 4 is 5.82 Å². The van der Waals surface area contributed by atoms with Gasteiger partial charge in [-0.15, -0.1) is 0 Å². The van der Waals surface area contributed by atoms with E-state index in [1.54, 1.807) is 6.20 Å². The number of aliphatic hydroxyl groups is 1. The Balaban J connectivity index is 1.62. The maximum absolute atomic E-state index is 9.53. The number of aromatic nitrogens is 3. The number of rotatable bonds is 4. The molecule has 5 heteroatoms. The van der Waals surface area contributed by atoms with Crippen molar-refractivity contribution in [2.75, 3.05) is 5.32 Å². The molecule has 0 amide bonds. The maximum Gasteiger partial charge on any atom is 0.126 e. The Labute approximate surface area is 118 Å². The van der Waals surface area contributed by atoms with E-state index in [0.29, 0.717) is 6.04 Å². The summed E-state index contributed by atoms with van der Waals surface area (Å²) >= 11 is 0. The van der Waals surface area contributed by atoms with Gasteiger partial charge in [0.15, 0.2) is 0 Å². The zero-order valence-corrected chi connectivity index (χ0v) is 11.4. The minimum absolute atomic E-state index is 0.118. The first-order valence-electron chi connectivity index (χ1n) is 7.16. The van der Waals surface area contributed by atoms with Gasteiger partial charge >= 0.3 is 0 Å². The van der Waals surface area contributed by atoms with E-state index in [4.69, 9.17) is 0 Å². The van der Waals surface area contributed by atoms with Crippen molar-refractivity contribution in [2.45, 2.75) is 44.4 Å². The summed E-state index contributed by atoms with van der Waals surface area (Å²) in [4.78, 5) is 4.38. The van der Waals surface area contributed by atoms with Crippen molar-refractivity contribution in [3.8, 4) is 0 Å². The van der Waals surface area contributed by atoms with Gasteiger partial charge < -0.3 is 10.4 Å². The molecule has 0 bridgehead atoms. The smallest absolute Gasteiger partial charge is 0.126 e. The van der Waals surface area contributed by atoms with Crippen LogP contribution in [-0.2, 0) is 6.54 Å². The summed E-state index contributed by atoms with van der Waals surface area (Å²) in [6.45, 7) is 0.758. The lowest BCUT2D eigenvalue weighted by Crippen LogP contribution is -2.28. The molecule has 0 aliphatic heterocycles. The molecule has 3 rings (SSSR count). The van der Waals surface area contributed by atoms with Crippen LogP contribution >= 0.6 is 0 Å². The zero-order valence-electron chi connectivity index (χ0n) is 11.4. The number of pyridine rings is 1. The summed E-state index contributed by atoms with van der Waals surface area (Å²) in [7, 11) is 0. The summed E-state index contributed by atoms with van der Waals surface area (Å²) in [6.07, 6.45) is 9.23. The average Bonchev–Trinajstić information content (AvgIpc) is 2.95. The molecule has 20 heavy (non-hydrogen) atoms. The fourth-order valence-electron chi connectivity index (χ4n) is 2.66. The van der Waals surface area contributed by atoms with Gasteiger partial charge in [-0.2, -0.15) is 5.10 Å². The third-order valence-electron chi connectivity index (χ3n) is 3.78. The first-order valence-corrected chi connectivity index (χ1v) is 7.16. The van der Waals surface area contributed by atoms with Crippen LogP contribution in [0.2, 0.25) is 0 Å². The van der Waals surface area contributed by atoms with Crippen LogP contribution in [0, 0.1) is 0 Å². The summed E-state index contributed by atoms with van der Waals surface area (Å²) in [5.74, 6) is 0.913. The van der Waals surface area contributed by atoms with Crippen molar-refractivity contribution < 1.29 is 5.11 Å². The molecule has 1 aliphatic carbocycles. The number of nitrogens with one attached hydrogen (secondary N) is 1. The van der Waals surface area contributed by atoms with E-state index in [1.807, 2.05) is 29.2 Å². The van der Waals surface area contributed by atoms with Gasteiger partial charge in [0.2, 0.25) is 0 Å². The number of hydrogen-bond acceptors (Lipinski definition) is 4. The van der Waals surface area contributed by atoms with E-state index < -0.39 is 0 Å². The average molecular weight is 272 g/mol. The number of nitrogens with zero attached hydrogens (tertiary/aromatic N) is 3. The van der Waals surface area contributed by atoms with Gasteiger partial charge in [0.05, 0.1) is 12.6 Å². The van der Waals surface area contributed by atoms with Crippen molar-refractivity contribution in [3.63, 3.8) is 0 Å². The van der Waals surface area contributed by atoms with Crippen molar-refractivity contribution in [1.29, 1.82) is 0 Å². The molecule has 2 heterocycles. The molecule has 106 valence electrons. The molecular weight excluding hydrogens is 252 g/mol. The summed E-state index contributed by atoms with van der Waals surface area (Å²) in [5, 5.41) is 17.2. The van der Waals surface area contributed by atoms with Gasteiger partial charge in [-0.3, -0.25) is 4.68 Å². The van der Waals surface area contributed by atoms with Gasteiger partial charge in [0.1, 0.15) is 5.82 Å². The molecule has 0 saturated heterocycles. The minimum Gasteiger partial charge on any atom is -0.393 e. The lowest BCUT2D eigenvalue weighted by molar-refractivity contribution is 0.126. The van der Waals surface area contributed by atoms with Crippen LogP contribution in [0.1, 0.15) is 31.2 Å². The van der Waals surface area contributed by atoms with E-state index in [0.717, 1.165) is 38.0 Å². The second kappa shape index (κ2) is 6.05. The van der Waals surface area contributed by atoms with Gasteiger partial charge in [0.25, 0.3) is 0 Å². The molecule has 0 radical (unpaired) electrons. The first kappa shape index (κ1) is 13.1. The molecule has 2 aromatic rings. The molecule has 0 atom stereocenters. The summed E-state index contributed by atoms with van der Waals surface area (Å²) in [6, 6.07) is 6.43. The van der Waals surface area contributed by atoms with Crippen LogP contribution in [0.15, 0.2) is 36.8 Å². The Morgan fingerprint density at radius 3 is 2.85 bits per heavy atom. The third kappa shape index (κ3) is 3.36. The molecule has 2 N–H and O–H groups in total. The predicted octanol–water partition coefficient (Wildman–Crippen LogP) is 2.04. The standard InChI is InChI=1S/C15H20N4O/c20-14-4-2-13(3-5-14)18-15-10-12(6-8-16-15)11-19-9-1-7-17-19/h1,6-10,13-14,20H,2-5,11H2,(H,16,18). The minimum atomic E-state index is -0.118. The Kier molecular flexibility index (Phi) is 3.97. The van der Waals surface area contributed by atoms with E-state index in [2.05, 4.69) is 21.5 Å². The number of anilines is 1. The molecule has 1 fully saturated rings. The third-order valence-corrected chi connectivity index (χ3v) is 3.78. The highest BCUT2D eigenvalue weighted by atomic mass is 16.3. The second-order valence-corrected chi connectivity index (χ2v) is 5.40. The van der Waals surface area contributed by atoms with E-state index in [-0.39, 0.29) is 6.10 Å². The van der Waals surface area contributed by atoms with Crippen LogP contribution in [0.3, 0.4) is 0 Å². The van der Waals surface area contributed by atoms with Gasteiger partial charge in [-0.1, -0.05) is 0 Å². The highest BCUT2D eigenvalue weighted by molar-refractivity contribution is 5.38. The first-order chi connectivity index (χ1) is 9.79. The topological polar surface area (TPSA) is 63.0 Å². The Morgan fingerprint density at radius 1 is 1.25 bits per heavy atom. The van der Waals surface area contributed by atoms with E-state index >= 15 is 0 Å². The molecule has 2 aromatic heterocycles. The van der Waals surface area contributed by atoms with Crippen LogP contribution in [0.5, 0.6) is 0 Å². The largest absolute Gasteiger partial charge is 0.393 e. The normalized spacial score (nSPS) is 22.6. The fraction of sp³-hybridized carbons (Fsp3) is 0.467. The quantitative estimate of drug-likeness (QED) is 0.894. The van der Waals surface area contributed by atoms with Crippen LogP contribution in [0.4, 0.5) is 5.82 Å². The molecule has 1 saturated carbocycles. The Hall–Kier alpha value is -1.88. The number of aliphatic hydroxyl groups excluding tert-OH is 1. The lowest BCUT2D eigenvalue weighted by Gasteiger charge is -2.26. The van der Waals surface area contributed by atoms with Crippen LogP contribution in [-0.4, -0.2) is 32.0 Å². The molecule has 0 spiro atoms. The van der Waals surface area contributed by atoms with Gasteiger partial charge in [0, 0.05) is 24.6 Å². The maximum atomic E-state index is 9.53. The van der Waals surface area contributed by atoms with Crippen molar-refractivity contribution in [2.24, 2.45) is 0 Å². The van der Waals surface area contributed by atoms with Crippen LogP contribution in [0.25, 0.3) is 0 Å². The Morgan fingerprint density at radius 2 is 2.10 bits per heavy atom. The fourth-order valence-corrected chi connectivity index (χ4v) is 2.66. The molecule has 5 nitrogen and oxygen atoms in total. The number of hydrogen-bond donors (Lipinski definition) is 2. The molecule has 0 aromatic carbocycles. The molecule has 1 aliphatic rings. The Bertz CT molecular complexity index is 533. The van der Waals surface area contributed by atoms with Crippen molar-refractivity contribution in [1.82, 2.24) is 14.8 Å². The van der Waals surface area contributed by atoms with Crippen molar-refractivity contribution in [3.05, 3.63) is 42.4 Å². The van der Waals surface area contributed by atoms with E-state index in [1.165, 1.54) is 5.56 Å². The highest BCUT2D eigenvalue weighted by Gasteiger charge is 2.19. The predicted molar refractivity (Wildman–Crippen MR) is 77.5 cm³/mol. The summed E-state index contributed by atoms with van der Waals surface area (Å²) < 4.78 is 1.90. The molecule has 0 unspecified atom stereocenters. The summed E-state index contributed by atoms with van der Waals surface area (Å²) in [5.41, 5.74) is 1.18. The second-order valence-electron chi connectivity index (χ2n) is 5.40. The zero-order chi connectivity index (χ0) is 13.8. The molecular formula is C15H20N4O. The lowest BCUT2D eigenvalue weighted by atomic mass is 9.93. The van der Waals surface area contributed by atoms with Gasteiger partial charge in [-0.25, -0.2) is 4.98 Å². The van der Waals surface area contributed by atoms with E-state index in [9.17, 15) is 5.11 Å². The highest BCUT2D eigenvalue weighted by Crippen LogP contribution is 2.21. The monoisotopic (exact) mass is 272 g/mol. The van der Waals surface area contributed by atoms with Crippen LogP contribution < -0.4 is 5.32 Å². The SMILES string of the molecule is OC1CCC(Nc2cc(Cn3cccn3)ccn2)CC1.